The summed E-state index contributed by atoms with van der Waals surface area (Å²) in [6.07, 6.45) is 1.27. The molecule has 1 aromatic carbocycles. The number of carbonyl (C=O) groups is 1. The average Bonchev–Trinajstić information content (AvgIpc) is 2.78. The van der Waals surface area contributed by atoms with Gasteiger partial charge in [0.1, 0.15) is 24.0 Å². The van der Waals surface area contributed by atoms with E-state index in [-0.39, 0.29) is 17.2 Å². The van der Waals surface area contributed by atoms with E-state index in [1.165, 1.54) is 16.9 Å². The van der Waals surface area contributed by atoms with E-state index < -0.39 is 5.97 Å². The predicted octanol–water partition coefficient (Wildman–Crippen LogP) is 2.22. The molecule has 0 spiro atoms. The summed E-state index contributed by atoms with van der Waals surface area (Å²) in [5.74, 6) is -0.610. The fraction of sp³-hybridized carbons (Fsp3) is 0.154. The molecule has 1 heterocycles. The Kier molecular flexibility index (Phi) is 3.91. The molecule has 20 heavy (non-hydrogen) atoms. The molecule has 0 fully saturated rings. The lowest BCUT2D eigenvalue weighted by molar-refractivity contribution is 0.0693. The van der Waals surface area contributed by atoms with Crippen LogP contribution in [0, 0.1) is 11.3 Å². The Balaban J connectivity index is 2.17. The average molecular weight is 292 g/mol. The van der Waals surface area contributed by atoms with Crippen molar-refractivity contribution in [1.82, 2.24) is 9.78 Å². The van der Waals surface area contributed by atoms with E-state index in [1.807, 2.05) is 6.07 Å². The van der Waals surface area contributed by atoms with Crippen LogP contribution in [0.2, 0.25) is 5.02 Å². The number of hydrogen-bond acceptors (Lipinski definition) is 4. The minimum absolute atomic E-state index is 0.0420. The molecule has 6 nitrogen and oxygen atoms in total. The molecule has 0 bridgehead atoms. The first-order chi connectivity index (χ1) is 9.52. The second kappa shape index (κ2) is 5.63. The second-order valence-electron chi connectivity index (χ2n) is 3.98. The van der Waals surface area contributed by atoms with Crippen molar-refractivity contribution in [1.29, 1.82) is 5.26 Å². The first-order valence-electron chi connectivity index (χ1n) is 5.59. The van der Waals surface area contributed by atoms with Crippen LogP contribution in [0.15, 0.2) is 24.4 Å². The summed E-state index contributed by atoms with van der Waals surface area (Å²) < 4.78 is 6.92. The quantitative estimate of drug-likeness (QED) is 0.933. The van der Waals surface area contributed by atoms with Crippen LogP contribution in [0.25, 0.3) is 0 Å². The van der Waals surface area contributed by atoms with Gasteiger partial charge in [0, 0.05) is 13.1 Å². The summed E-state index contributed by atoms with van der Waals surface area (Å²) in [5.41, 5.74) is 0.885. The largest absolute Gasteiger partial charge is 0.487 e. The van der Waals surface area contributed by atoms with Gasteiger partial charge >= 0.3 is 5.97 Å². The highest BCUT2D eigenvalue weighted by Crippen LogP contribution is 2.23. The third-order valence-corrected chi connectivity index (χ3v) is 3.04. The van der Waals surface area contributed by atoms with E-state index >= 15 is 0 Å². The van der Waals surface area contributed by atoms with Crippen LogP contribution >= 0.6 is 11.6 Å². The lowest BCUT2D eigenvalue weighted by Crippen LogP contribution is -2.08. The lowest BCUT2D eigenvalue weighted by atomic mass is 10.2. The van der Waals surface area contributed by atoms with Gasteiger partial charge in [-0.15, -0.1) is 0 Å². The molecule has 0 radical (unpaired) electrons. The van der Waals surface area contributed by atoms with Gasteiger partial charge in [-0.25, -0.2) is 4.79 Å². The topological polar surface area (TPSA) is 88.1 Å². The Hall–Kier alpha value is -2.52. The molecule has 2 rings (SSSR count). The van der Waals surface area contributed by atoms with Gasteiger partial charge < -0.3 is 9.84 Å². The number of aromatic nitrogens is 2. The maximum Gasteiger partial charge on any atom is 0.339 e. The van der Waals surface area contributed by atoms with E-state index in [4.69, 9.17) is 26.7 Å². The standard InChI is InChI=1S/C13H10ClN3O3/c1-17-12(10(6-16-17)13(18)19)7-20-9-3-2-8(5-15)11(14)4-9/h2-4,6H,7H2,1H3,(H,18,19). The highest BCUT2D eigenvalue weighted by molar-refractivity contribution is 6.31. The predicted molar refractivity (Wildman–Crippen MR) is 70.7 cm³/mol. The molecule has 0 unspecified atom stereocenters. The molecule has 0 saturated heterocycles. The fourth-order valence-corrected chi connectivity index (χ4v) is 1.85. The molecule has 0 aliphatic rings. The Morgan fingerprint density at radius 1 is 1.60 bits per heavy atom. The van der Waals surface area contributed by atoms with Crippen LogP contribution in [-0.4, -0.2) is 20.9 Å². The van der Waals surface area contributed by atoms with Crippen LogP contribution in [0.5, 0.6) is 5.75 Å². The van der Waals surface area contributed by atoms with Crippen molar-refractivity contribution >= 4 is 17.6 Å². The van der Waals surface area contributed by atoms with Gasteiger partial charge in [-0.2, -0.15) is 10.4 Å². The minimum atomic E-state index is -1.06. The molecule has 0 saturated carbocycles. The van der Waals surface area contributed by atoms with Crippen molar-refractivity contribution in [3.05, 3.63) is 46.2 Å². The Bertz CT molecular complexity index is 703. The van der Waals surface area contributed by atoms with Gasteiger partial charge in [-0.3, -0.25) is 4.68 Å². The third-order valence-electron chi connectivity index (χ3n) is 2.73. The second-order valence-corrected chi connectivity index (χ2v) is 4.38. The zero-order valence-corrected chi connectivity index (χ0v) is 11.3. The number of rotatable bonds is 4. The third kappa shape index (κ3) is 2.73. The Morgan fingerprint density at radius 2 is 2.35 bits per heavy atom. The highest BCUT2D eigenvalue weighted by atomic mass is 35.5. The number of ether oxygens (including phenoxy) is 1. The summed E-state index contributed by atoms with van der Waals surface area (Å²) in [6.45, 7) is 0.0420. The summed E-state index contributed by atoms with van der Waals surface area (Å²) in [4.78, 5) is 11.0. The van der Waals surface area contributed by atoms with Crippen LogP contribution in [-0.2, 0) is 13.7 Å². The molecule has 0 aliphatic heterocycles. The van der Waals surface area contributed by atoms with E-state index in [2.05, 4.69) is 5.10 Å². The van der Waals surface area contributed by atoms with Crippen LogP contribution in [0.3, 0.4) is 0 Å². The van der Waals surface area contributed by atoms with Crippen molar-refractivity contribution < 1.29 is 14.6 Å². The molecule has 7 heteroatoms. The van der Waals surface area contributed by atoms with E-state index in [9.17, 15) is 4.79 Å². The number of benzene rings is 1. The number of carboxylic acid groups (broad SMARTS) is 1. The molecular weight excluding hydrogens is 282 g/mol. The van der Waals surface area contributed by atoms with E-state index in [1.54, 1.807) is 19.2 Å². The summed E-state index contributed by atoms with van der Waals surface area (Å²) in [5, 5.41) is 22.0. The number of aromatic carboxylic acids is 1. The van der Waals surface area contributed by atoms with E-state index in [0.717, 1.165) is 0 Å². The first kappa shape index (κ1) is 13.9. The molecule has 102 valence electrons. The molecule has 1 N–H and O–H groups in total. The zero-order chi connectivity index (χ0) is 14.7. The maximum absolute atomic E-state index is 11.0. The van der Waals surface area contributed by atoms with Gasteiger partial charge in [0.25, 0.3) is 0 Å². The van der Waals surface area contributed by atoms with Gasteiger partial charge in [0.2, 0.25) is 0 Å². The molecule has 0 atom stereocenters. The number of hydrogen-bond donors (Lipinski definition) is 1. The summed E-state index contributed by atoms with van der Waals surface area (Å²) >= 11 is 5.89. The number of carboxylic acids is 1. The molecule has 0 aliphatic carbocycles. The summed E-state index contributed by atoms with van der Waals surface area (Å²) in [6, 6.07) is 6.60. The monoisotopic (exact) mass is 291 g/mol. The Morgan fingerprint density at radius 3 is 2.95 bits per heavy atom. The highest BCUT2D eigenvalue weighted by Gasteiger charge is 2.15. The van der Waals surface area contributed by atoms with Crippen molar-refractivity contribution in [2.45, 2.75) is 6.61 Å². The molecule has 0 amide bonds. The fourth-order valence-electron chi connectivity index (χ4n) is 1.64. The summed E-state index contributed by atoms with van der Waals surface area (Å²) in [7, 11) is 1.64. The molecule has 1 aromatic heterocycles. The van der Waals surface area contributed by atoms with Crippen LogP contribution in [0.1, 0.15) is 21.6 Å². The SMILES string of the molecule is Cn1ncc(C(=O)O)c1COc1ccc(C#N)c(Cl)c1. The van der Waals surface area contributed by atoms with Gasteiger partial charge in [-0.1, -0.05) is 11.6 Å². The van der Waals surface area contributed by atoms with Crippen molar-refractivity contribution in [3.63, 3.8) is 0 Å². The first-order valence-corrected chi connectivity index (χ1v) is 5.97. The minimum Gasteiger partial charge on any atom is -0.487 e. The van der Waals surface area contributed by atoms with Gasteiger partial charge in [0.05, 0.1) is 22.5 Å². The number of aryl methyl sites for hydroxylation is 1. The normalized spacial score (nSPS) is 10.1. The number of nitrogens with zero attached hydrogens (tertiary/aromatic N) is 3. The zero-order valence-electron chi connectivity index (χ0n) is 10.5. The van der Waals surface area contributed by atoms with Crippen molar-refractivity contribution in [2.24, 2.45) is 7.05 Å². The molecule has 2 aromatic rings. The van der Waals surface area contributed by atoms with Crippen molar-refractivity contribution in [3.8, 4) is 11.8 Å². The van der Waals surface area contributed by atoms with E-state index in [0.29, 0.717) is 17.0 Å². The number of nitriles is 1. The Labute approximate surface area is 119 Å². The molecular formula is C13H10ClN3O3. The van der Waals surface area contributed by atoms with Gasteiger partial charge in [0.15, 0.2) is 0 Å². The van der Waals surface area contributed by atoms with Gasteiger partial charge in [-0.05, 0) is 12.1 Å². The number of halogens is 1. The van der Waals surface area contributed by atoms with Crippen LogP contribution < -0.4 is 4.74 Å². The van der Waals surface area contributed by atoms with Crippen LogP contribution in [0.4, 0.5) is 0 Å². The maximum atomic E-state index is 11.0. The lowest BCUT2D eigenvalue weighted by Gasteiger charge is -2.08. The smallest absolute Gasteiger partial charge is 0.339 e. The van der Waals surface area contributed by atoms with Crippen molar-refractivity contribution in [2.75, 3.05) is 0 Å².